The van der Waals surface area contributed by atoms with Gasteiger partial charge in [0.1, 0.15) is 122 Å². The van der Waals surface area contributed by atoms with Crippen molar-refractivity contribution in [3.63, 3.8) is 0 Å². The molecule has 5 saturated heterocycles. The summed E-state index contributed by atoms with van der Waals surface area (Å²) in [5.41, 5.74) is 0. The number of hydrogen-bond donors (Lipinski definition) is 17. The SMILES string of the molecule is OC[C@@H]1O[C@H](O[C@H]2[C@@H](O)[C@@H](O)[C@@H](O[C@H]3[C@@H](O)[C@@H](O)[C@@H](O[C@@H]4[C@@H](O)[C@@H](O)[C@@H](O[C@H]5[C@@H](O)[C@@H](O)[C@H](O)O[C@H]5CO)O[C@H]4CO)O[C@H]3CO)O[C@H]2CO)[C@H](O)[C@H](O)[C@@H]1O. The highest BCUT2D eigenvalue weighted by molar-refractivity contribution is 4.99. The van der Waals surface area contributed by atoms with E-state index in [1.165, 1.54) is 0 Å². The minimum atomic E-state index is -2.12. The first kappa shape index (κ1) is 46.0. The molecule has 0 aliphatic carbocycles. The van der Waals surface area contributed by atoms with Crippen LogP contribution < -0.4 is 0 Å². The lowest BCUT2D eigenvalue weighted by atomic mass is 9.95. The minimum absolute atomic E-state index is 0.811. The van der Waals surface area contributed by atoms with Gasteiger partial charge in [-0.25, -0.2) is 0 Å². The summed E-state index contributed by atoms with van der Waals surface area (Å²) in [5.74, 6) is 0. The summed E-state index contributed by atoms with van der Waals surface area (Å²) in [6, 6.07) is 0. The lowest BCUT2D eigenvalue weighted by Crippen LogP contribution is -2.68. The van der Waals surface area contributed by atoms with Gasteiger partial charge in [0.2, 0.25) is 0 Å². The van der Waals surface area contributed by atoms with E-state index < -0.39 is 187 Å². The Kier molecular flexibility index (Phi) is 16.1. The largest absolute Gasteiger partial charge is 0.394 e. The molecule has 0 saturated carbocycles. The Morgan fingerprint density at radius 1 is 0.268 bits per heavy atom. The van der Waals surface area contributed by atoms with E-state index >= 15 is 0 Å². The van der Waals surface area contributed by atoms with E-state index in [1.54, 1.807) is 0 Å². The van der Waals surface area contributed by atoms with Crippen molar-refractivity contribution < 1.29 is 129 Å². The summed E-state index contributed by atoms with van der Waals surface area (Å²) < 4.78 is 49.1. The van der Waals surface area contributed by atoms with Gasteiger partial charge in [0.15, 0.2) is 31.5 Å². The highest BCUT2D eigenvalue weighted by Crippen LogP contribution is 2.35. The fraction of sp³-hybridized carbons (Fsp3) is 1.00. The normalized spacial score (nSPS) is 53.2. The number of aliphatic hydroxyl groups excluding tert-OH is 17. The van der Waals surface area contributed by atoms with Gasteiger partial charge < -0.3 is 129 Å². The van der Waals surface area contributed by atoms with Crippen molar-refractivity contribution in [3.8, 4) is 0 Å². The van der Waals surface area contributed by atoms with Crippen LogP contribution in [0, 0.1) is 0 Å². The second kappa shape index (κ2) is 19.6. The molecule has 0 aromatic rings. The smallest absolute Gasteiger partial charge is 0.187 e. The summed E-state index contributed by atoms with van der Waals surface area (Å²) in [6.45, 7) is -4.51. The molecule has 5 aliphatic heterocycles. The van der Waals surface area contributed by atoms with Crippen molar-refractivity contribution in [2.45, 2.75) is 154 Å². The molecule has 0 aromatic heterocycles. The van der Waals surface area contributed by atoms with Gasteiger partial charge >= 0.3 is 0 Å². The van der Waals surface area contributed by atoms with E-state index in [2.05, 4.69) is 0 Å². The quantitative estimate of drug-likeness (QED) is 0.0819. The molecule has 0 unspecified atom stereocenters. The summed E-state index contributed by atoms with van der Waals surface area (Å²) in [5, 5.41) is 176. The Labute approximate surface area is 316 Å². The van der Waals surface area contributed by atoms with Gasteiger partial charge in [0.05, 0.1) is 33.0 Å². The van der Waals surface area contributed by atoms with E-state index in [0.29, 0.717) is 0 Å². The summed E-state index contributed by atoms with van der Waals surface area (Å²) in [7, 11) is 0. The maximum atomic E-state index is 11.1. The maximum absolute atomic E-state index is 11.1. The average Bonchev–Trinajstić information content (AvgIpc) is 3.19. The first-order valence-electron chi connectivity index (χ1n) is 17.6. The molecular formula is C30H52O26. The van der Waals surface area contributed by atoms with Crippen molar-refractivity contribution in [3.05, 3.63) is 0 Å². The highest BCUT2D eigenvalue weighted by atomic mass is 16.8. The highest BCUT2D eigenvalue weighted by Gasteiger charge is 2.56. The Hall–Kier alpha value is -1.04. The van der Waals surface area contributed by atoms with Crippen LogP contribution in [0.3, 0.4) is 0 Å². The third-order valence-electron chi connectivity index (χ3n) is 10.3. The summed E-state index contributed by atoms with van der Waals surface area (Å²) in [4.78, 5) is 0. The molecule has 5 aliphatic rings. The van der Waals surface area contributed by atoms with Crippen molar-refractivity contribution in [1.29, 1.82) is 0 Å². The van der Waals surface area contributed by atoms with Crippen molar-refractivity contribution in [2.24, 2.45) is 0 Å². The number of ether oxygens (including phenoxy) is 9. The molecule has 17 N–H and O–H groups in total. The second-order valence-electron chi connectivity index (χ2n) is 13.9. The van der Waals surface area contributed by atoms with Gasteiger partial charge in [0, 0.05) is 0 Å². The molecule has 5 rings (SSSR count). The zero-order chi connectivity index (χ0) is 41.3. The number of rotatable bonds is 13. The minimum Gasteiger partial charge on any atom is -0.394 e. The first-order valence-corrected chi connectivity index (χ1v) is 17.6. The number of hydrogen-bond acceptors (Lipinski definition) is 26. The molecule has 25 atom stereocenters. The van der Waals surface area contributed by atoms with Gasteiger partial charge in [-0.15, -0.1) is 0 Å². The average molecular weight is 829 g/mol. The summed E-state index contributed by atoms with van der Waals surface area (Å²) in [6.07, 6.45) is -45.8. The fourth-order valence-corrected chi connectivity index (χ4v) is 7.03. The van der Waals surface area contributed by atoms with Crippen molar-refractivity contribution in [2.75, 3.05) is 33.0 Å². The molecule has 5 heterocycles. The van der Waals surface area contributed by atoms with Crippen LogP contribution in [-0.4, -0.2) is 273 Å². The molecule has 328 valence electrons. The Bertz CT molecular complexity index is 1200. The van der Waals surface area contributed by atoms with Gasteiger partial charge in [-0.1, -0.05) is 0 Å². The van der Waals surface area contributed by atoms with E-state index in [1.807, 2.05) is 0 Å². The predicted molar refractivity (Wildman–Crippen MR) is 167 cm³/mol. The molecule has 56 heavy (non-hydrogen) atoms. The molecule has 26 heteroatoms. The molecular weight excluding hydrogens is 776 g/mol. The molecule has 0 radical (unpaired) electrons. The topological polar surface area (TPSA) is 427 Å². The number of aliphatic hydroxyl groups is 17. The molecule has 5 fully saturated rings. The fourth-order valence-electron chi connectivity index (χ4n) is 7.03. The molecule has 0 bridgehead atoms. The van der Waals surface area contributed by atoms with Crippen molar-refractivity contribution in [1.82, 2.24) is 0 Å². The van der Waals surface area contributed by atoms with Gasteiger partial charge in [-0.2, -0.15) is 0 Å². The van der Waals surface area contributed by atoms with Gasteiger partial charge in [-0.05, 0) is 0 Å². The molecule has 0 spiro atoms. The zero-order valence-electron chi connectivity index (χ0n) is 29.2. The Morgan fingerprint density at radius 2 is 0.518 bits per heavy atom. The van der Waals surface area contributed by atoms with Crippen LogP contribution in [0.25, 0.3) is 0 Å². The van der Waals surface area contributed by atoms with E-state index in [4.69, 9.17) is 42.6 Å². The monoisotopic (exact) mass is 828 g/mol. The molecule has 26 nitrogen and oxygen atoms in total. The van der Waals surface area contributed by atoms with Crippen LogP contribution in [0.5, 0.6) is 0 Å². The van der Waals surface area contributed by atoms with E-state index in [0.717, 1.165) is 0 Å². The standard InChI is InChI=1S/C30H52O26/c31-1-6-11(36)12(37)18(43)27(49-6)54-23-8(3-33)51-29(20(45)14(23)39)56-25-10(5-35)52-30(21(46)16(25)41)55-24-9(4-34)50-28(19(44)15(24)40)53-22-7(2-32)48-26(47)17(42)13(22)38/h6-47H,1-5H2/t6-,7-,8-,9-,10-,11+,12+,13-,14-,15-,16-,17+,18+,19+,20+,21+,22+,23+,24-,25+,26+,27+,28+,29+,30+/m0/s1. The predicted octanol–water partition coefficient (Wildman–Crippen LogP) is -11.9. The van der Waals surface area contributed by atoms with Crippen LogP contribution in [0.15, 0.2) is 0 Å². The maximum Gasteiger partial charge on any atom is 0.187 e. The van der Waals surface area contributed by atoms with Crippen LogP contribution in [0.4, 0.5) is 0 Å². The molecule has 0 aromatic carbocycles. The van der Waals surface area contributed by atoms with Crippen LogP contribution in [0.1, 0.15) is 0 Å². The summed E-state index contributed by atoms with van der Waals surface area (Å²) >= 11 is 0. The zero-order valence-corrected chi connectivity index (χ0v) is 29.2. The van der Waals surface area contributed by atoms with E-state index in [9.17, 15) is 86.8 Å². The van der Waals surface area contributed by atoms with Crippen molar-refractivity contribution >= 4 is 0 Å². The van der Waals surface area contributed by atoms with Gasteiger partial charge in [0.25, 0.3) is 0 Å². The van der Waals surface area contributed by atoms with Crippen LogP contribution in [0.2, 0.25) is 0 Å². The Balaban J connectivity index is 1.22. The lowest BCUT2D eigenvalue weighted by Gasteiger charge is -2.49. The molecule has 0 amide bonds. The Morgan fingerprint density at radius 3 is 0.821 bits per heavy atom. The van der Waals surface area contributed by atoms with Crippen LogP contribution in [-0.2, 0) is 42.6 Å². The first-order chi connectivity index (χ1) is 26.5. The second-order valence-corrected chi connectivity index (χ2v) is 13.9. The van der Waals surface area contributed by atoms with E-state index in [-0.39, 0.29) is 0 Å². The third-order valence-corrected chi connectivity index (χ3v) is 10.3. The van der Waals surface area contributed by atoms with Crippen LogP contribution >= 0.6 is 0 Å². The lowest BCUT2D eigenvalue weighted by molar-refractivity contribution is -0.392. The third kappa shape index (κ3) is 9.16. The van der Waals surface area contributed by atoms with Gasteiger partial charge in [-0.3, -0.25) is 0 Å².